The van der Waals surface area contributed by atoms with Crippen LogP contribution in [-0.4, -0.2) is 9.78 Å². The number of hydrogen-bond donors (Lipinski definition) is 1. The summed E-state index contributed by atoms with van der Waals surface area (Å²) in [6.07, 6.45) is 1.49. The van der Waals surface area contributed by atoms with Gasteiger partial charge in [-0.2, -0.15) is 5.10 Å². The van der Waals surface area contributed by atoms with Gasteiger partial charge in [0.1, 0.15) is 17.5 Å². The predicted octanol–water partition coefficient (Wildman–Crippen LogP) is 2.35. The number of nitrogens with two attached hydrogens (primary N) is 1. The Labute approximate surface area is 91.5 Å². The molecule has 0 saturated heterocycles. The summed E-state index contributed by atoms with van der Waals surface area (Å²) in [6, 6.07) is 4.77. The Balaban J connectivity index is 2.49. The highest BCUT2D eigenvalue weighted by molar-refractivity contribution is 5.31. The quantitative estimate of drug-likeness (QED) is 0.849. The second kappa shape index (κ2) is 3.92. The smallest absolute Gasteiger partial charge is 0.131 e. The van der Waals surface area contributed by atoms with Crippen molar-refractivity contribution < 1.29 is 8.78 Å². The van der Waals surface area contributed by atoms with Gasteiger partial charge >= 0.3 is 0 Å². The third-order valence-corrected chi connectivity index (χ3v) is 2.49. The van der Waals surface area contributed by atoms with Crippen molar-refractivity contribution in [3.8, 4) is 0 Å². The molecule has 16 heavy (non-hydrogen) atoms. The van der Waals surface area contributed by atoms with Gasteiger partial charge in [0.2, 0.25) is 0 Å². The summed E-state index contributed by atoms with van der Waals surface area (Å²) in [7, 11) is 0. The van der Waals surface area contributed by atoms with E-state index < -0.39 is 17.7 Å². The minimum atomic E-state index is -0.595. The van der Waals surface area contributed by atoms with E-state index in [4.69, 9.17) is 5.73 Å². The van der Waals surface area contributed by atoms with Crippen molar-refractivity contribution in [2.24, 2.45) is 0 Å². The average molecular weight is 223 g/mol. The van der Waals surface area contributed by atoms with Gasteiger partial charge in [-0.3, -0.25) is 0 Å². The van der Waals surface area contributed by atoms with E-state index in [9.17, 15) is 8.78 Å². The molecule has 2 aromatic rings. The molecule has 0 bridgehead atoms. The van der Waals surface area contributed by atoms with Crippen LogP contribution in [0.4, 0.5) is 14.6 Å². The zero-order valence-electron chi connectivity index (χ0n) is 8.69. The molecule has 84 valence electrons. The summed E-state index contributed by atoms with van der Waals surface area (Å²) in [5.74, 6) is -0.819. The van der Waals surface area contributed by atoms with Crippen LogP contribution in [0.5, 0.6) is 0 Å². The summed E-state index contributed by atoms with van der Waals surface area (Å²) in [5.41, 5.74) is 5.60. The molecule has 3 nitrogen and oxygen atoms in total. The maximum atomic E-state index is 13.5. The molecule has 2 N–H and O–H groups in total. The van der Waals surface area contributed by atoms with E-state index in [1.165, 1.54) is 29.1 Å². The van der Waals surface area contributed by atoms with E-state index in [0.717, 1.165) is 0 Å². The van der Waals surface area contributed by atoms with Crippen molar-refractivity contribution in [1.82, 2.24) is 9.78 Å². The molecule has 5 heteroatoms. The van der Waals surface area contributed by atoms with E-state index in [1.54, 1.807) is 13.0 Å². The topological polar surface area (TPSA) is 43.8 Å². The first-order valence-electron chi connectivity index (χ1n) is 4.84. The molecule has 0 saturated carbocycles. The highest BCUT2D eigenvalue weighted by atomic mass is 19.1. The van der Waals surface area contributed by atoms with Gasteiger partial charge in [-0.1, -0.05) is 6.07 Å². The molecule has 0 fully saturated rings. The zero-order valence-corrected chi connectivity index (χ0v) is 8.69. The van der Waals surface area contributed by atoms with Crippen LogP contribution < -0.4 is 5.73 Å². The van der Waals surface area contributed by atoms with Crippen LogP contribution in [0, 0.1) is 11.6 Å². The molecule has 0 aliphatic rings. The lowest BCUT2D eigenvalue weighted by Crippen LogP contribution is -2.14. The largest absolute Gasteiger partial charge is 0.384 e. The average Bonchev–Trinajstić information content (AvgIpc) is 2.64. The van der Waals surface area contributed by atoms with Gasteiger partial charge in [-0.05, 0) is 25.1 Å². The van der Waals surface area contributed by atoms with Gasteiger partial charge in [-0.15, -0.1) is 0 Å². The fourth-order valence-corrected chi connectivity index (χ4v) is 1.68. The first kappa shape index (κ1) is 10.6. The van der Waals surface area contributed by atoms with E-state index >= 15 is 0 Å². The highest BCUT2D eigenvalue weighted by Gasteiger charge is 2.19. The first-order valence-corrected chi connectivity index (χ1v) is 4.84. The Kier molecular flexibility index (Phi) is 2.60. The van der Waals surface area contributed by atoms with Crippen LogP contribution in [0.2, 0.25) is 0 Å². The van der Waals surface area contributed by atoms with E-state index in [1.807, 2.05) is 0 Å². The third kappa shape index (κ3) is 1.64. The Morgan fingerprint density at radius 3 is 2.38 bits per heavy atom. The molecule has 0 spiro atoms. The van der Waals surface area contributed by atoms with Crippen LogP contribution in [0.3, 0.4) is 0 Å². The molecule has 0 aliphatic carbocycles. The fraction of sp³-hybridized carbons (Fsp3) is 0.182. The van der Waals surface area contributed by atoms with Crippen molar-refractivity contribution in [2.45, 2.75) is 13.0 Å². The van der Waals surface area contributed by atoms with Gasteiger partial charge in [0, 0.05) is 5.56 Å². The van der Waals surface area contributed by atoms with Crippen molar-refractivity contribution in [3.63, 3.8) is 0 Å². The highest BCUT2D eigenvalue weighted by Crippen LogP contribution is 2.25. The Morgan fingerprint density at radius 2 is 1.88 bits per heavy atom. The minimum absolute atomic E-state index is 0.0297. The van der Waals surface area contributed by atoms with Gasteiger partial charge in [0.05, 0.1) is 12.2 Å². The molecule has 1 aromatic heterocycles. The first-order chi connectivity index (χ1) is 7.61. The zero-order chi connectivity index (χ0) is 11.7. The van der Waals surface area contributed by atoms with Gasteiger partial charge < -0.3 is 5.73 Å². The molecule has 0 amide bonds. The monoisotopic (exact) mass is 223 g/mol. The minimum Gasteiger partial charge on any atom is -0.384 e. The van der Waals surface area contributed by atoms with Gasteiger partial charge in [-0.25, -0.2) is 13.5 Å². The summed E-state index contributed by atoms with van der Waals surface area (Å²) >= 11 is 0. The summed E-state index contributed by atoms with van der Waals surface area (Å²) < 4.78 is 28.4. The SMILES string of the molecule is CC(c1c(F)cccc1F)n1nccc1N. The Bertz CT molecular complexity index is 487. The molecule has 1 atom stereocenters. The summed E-state index contributed by atoms with van der Waals surface area (Å²) in [4.78, 5) is 0. The lowest BCUT2D eigenvalue weighted by atomic mass is 10.1. The molecule has 0 radical (unpaired) electrons. The molecule has 1 aromatic carbocycles. The maximum Gasteiger partial charge on any atom is 0.131 e. The molecule has 1 heterocycles. The number of halogens is 2. The van der Waals surface area contributed by atoms with Crippen LogP contribution in [0.1, 0.15) is 18.5 Å². The lowest BCUT2D eigenvalue weighted by Gasteiger charge is -2.15. The van der Waals surface area contributed by atoms with Crippen molar-refractivity contribution in [1.29, 1.82) is 0 Å². The lowest BCUT2D eigenvalue weighted by molar-refractivity contribution is 0.486. The van der Waals surface area contributed by atoms with E-state index in [0.29, 0.717) is 5.82 Å². The second-order valence-corrected chi connectivity index (χ2v) is 3.51. The number of nitrogen functional groups attached to an aromatic ring is 1. The van der Waals surface area contributed by atoms with Crippen LogP contribution in [0.25, 0.3) is 0 Å². The van der Waals surface area contributed by atoms with Gasteiger partial charge in [0.25, 0.3) is 0 Å². The van der Waals surface area contributed by atoms with E-state index in [2.05, 4.69) is 5.10 Å². The molecule has 1 unspecified atom stereocenters. The third-order valence-electron chi connectivity index (χ3n) is 2.49. The number of anilines is 1. The van der Waals surface area contributed by atoms with Crippen molar-refractivity contribution >= 4 is 5.82 Å². The fourth-order valence-electron chi connectivity index (χ4n) is 1.68. The summed E-state index contributed by atoms with van der Waals surface area (Å²) in [6.45, 7) is 1.64. The Morgan fingerprint density at radius 1 is 1.25 bits per heavy atom. The van der Waals surface area contributed by atoms with Crippen LogP contribution in [-0.2, 0) is 0 Å². The predicted molar refractivity (Wildman–Crippen MR) is 56.8 cm³/mol. The number of nitrogens with zero attached hydrogens (tertiary/aromatic N) is 2. The van der Waals surface area contributed by atoms with Crippen LogP contribution in [0.15, 0.2) is 30.5 Å². The second-order valence-electron chi connectivity index (χ2n) is 3.51. The number of hydrogen-bond acceptors (Lipinski definition) is 2. The molecular weight excluding hydrogens is 212 g/mol. The Hall–Kier alpha value is -1.91. The van der Waals surface area contributed by atoms with Crippen molar-refractivity contribution in [2.75, 3.05) is 5.73 Å². The molecular formula is C11H11F2N3. The molecule has 0 aliphatic heterocycles. The number of aromatic nitrogens is 2. The number of rotatable bonds is 2. The van der Waals surface area contributed by atoms with Crippen molar-refractivity contribution in [3.05, 3.63) is 47.7 Å². The number of benzene rings is 1. The normalized spacial score (nSPS) is 12.7. The summed E-state index contributed by atoms with van der Waals surface area (Å²) in [5, 5.41) is 3.93. The molecule has 2 rings (SSSR count). The standard InChI is InChI=1S/C11H11F2N3/c1-7(16-10(14)5-6-15-16)11-8(12)3-2-4-9(11)13/h2-7H,14H2,1H3. The van der Waals surface area contributed by atoms with Crippen LogP contribution >= 0.6 is 0 Å². The maximum absolute atomic E-state index is 13.5. The van der Waals surface area contributed by atoms with Gasteiger partial charge in [0.15, 0.2) is 0 Å². The van der Waals surface area contributed by atoms with E-state index in [-0.39, 0.29) is 5.56 Å².